The van der Waals surface area contributed by atoms with Crippen LogP contribution in [-0.2, 0) is 19.6 Å². The van der Waals surface area contributed by atoms with E-state index in [-0.39, 0.29) is 10.9 Å². The van der Waals surface area contributed by atoms with Gasteiger partial charge in [0, 0.05) is 24.3 Å². The Bertz CT molecular complexity index is 1170. The summed E-state index contributed by atoms with van der Waals surface area (Å²) >= 11 is 1.55. The Morgan fingerprint density at radius 1 is 1.19 bits per heavy atom. The summed E-state index contributed by atoms with van der Waals surface area (Å²) < 4.78 is 41.0. The van der Waals surface area contributed by atoms with Crippen molar-refractivity contribution in [1.82, 2.24) is 4.72 Å². The van der Waals surface area contributed by atoms with E-state index in [9.17, 15) is 13.2 Å². The smallest absolute Gasteiger partial charge is 0.334 e. The number of hydrogen-bond acceptors (Lipinski definition) is 7. The molecule has 0 bridgehead atoms. The van der Waals surface area contributed by atoms with Crippen LogP contribution in [0.25, 0.3) is 0 Å². The minimum Gasteiger partial charge on any atom is -0.464 e. The van der Waals surface area contributed by atoms with Gasteiger partial charge in [0.1, 0.15) is 16.2 Å². The predicted octanol–water partition coefficient (Wildman–Crippen LogP) is 6.02. The molecule has 2 aromatic carbocycles. The molecule has 0 spiro atoms. The topological polar surface area (TPSA) is 84.9 Å². The number of sulfonamides is 1. The van der Waals surface area contributed by atoms with E-state index >= 15 is 0 Å². The summed E-state index contributed by atoms with van der Waals surface area (Å²) in [7, 11) is -3.82. The third kappa shape index (κ3) is 7.51. The van der Waals surface area contributed by atoms with Crippen LogP contribution in [0.2, 0.25) is 0 Å². The minimum absolute atomic E-state index is 0.145. The van der Waals surface area contributed by atoms with Gasteiger partial charge in [-0.25, -0.2) is 17.9 Å². The van der Waals surface area contributed by atoms with Gasteiger partial charge in [-0.3, -0.25) is 0 Å². The van der Waals surface area contributed by atoms with E-state index in [0.29, 0.717) is 18.0 Å². The number of fused-ring (bicyclic) bond motifs is 1. The van der Waals surface area contributed by atoms with Gasteiger partial charge in [0.05, 0.1) is 22.9 Å². The van der Waals surface area contributed by atoms with Crippen molar-refractivity contribution in [3.05, 3.63) is 54.8 Å². The fourth-order valence-electron chi connectivity index (χ4n) is 3.91. The average molecular weight is 533 g/mol. The van der Waals surface area contributed by atoms with Crippen LogP contribution in [0.1, 0.15) is 53.9 Å². The van der Waals surface area contributed by atoms with Gasteiger partial charge in [-0.15, -0.1) is 11.8 Å². The van der Waals surface area contributed by atoms with Crippen LogP contribution in [0.5, 0.6) is 5.75 Å². The Morgan fingerprint density at radius 3 is 2.56 bits per heavy atom. The van der Waals surface area contributed by atoms with E-state index in [1.807, 2.05) is 43.3 Å². The molecule has 0 saturated carbocycles. The predicted molar refractivity (Wildman–Crippen MR) is 146 cm³/mol. The van der Waals surface area contributed by atoms with E-state index in [1.54, 1.807) is 38.6 Å². The van der Waals surface area contributed by atoms with E-state index in [1.165, 1.54) is 12.3 Å². The largest absolute Gasteiger partial charge is 0.464 e. The first-order chi connectivity index (χ1) is 17.0. The number of nitrogens with zero attached hydrogens (tertiary/aromatic N) is 1. The molecule has 0 radical (unpaired) electrons. The first-order valence-corrected chi connectivity index (χ1v) is 14.7. The van der Waals surface area contributed by atoms with Gasteiger partial charge >= 0.3 is 5.97 Å². The highest BCUT2D eigenvalue weighted by Gasteiger charge is 2.33. The normalized spacial score (nSPS) is 17.5. The highest BCUT2D eigenvalue weighted by atomic mass is 32.2. The van der Waals surface area contributed by atoms with E-state index < -0.39 is 21.6 Å². The maximum absolute atomic E-state index is 13.5. The fraction of sp³-hybridized carbons (Fsp3) is 0.444. The number of hydrogen-bond donors (Lipinski definition) is 1. The second-order valence-electron chi connectivity index (χ2n) is 9.56. The molecule has 1 unspecified atom stereocenters. The number of thioether (sulfide) groups is 1. The highest BCUT2D eigenvalue weighted by molar-refractivity contribution is 7.99. The molecule has 36 heavy (non-hydrogen) atoms. The monoisotopic (exact) mass is 532 g/mol. The summed E-state index contributed by atoms with van der Waals surface area (Å²) in [6, 6.07) is 13.0. The Balaban J connectivity index is 2.06. The number of unbranched alkanes of at least 4 members (excludes halogenated alkanes) is 1. The number of carbonyl (C=O) groups is 1. The van der Waals surface area contributed by atoms with Gasteiger partial charge in [0.25, 0.3) is 0 Å². The summed E-state index contributed by atoms with van der Waals surface area (Å²) in [5.41, 5.74) is 0.904. The SMILES string of the molecule is CCCCC1CN(c2ccccc2)c2cc(SCC)c(O/C=C/C(=O)OC(C)(C)C)cc2S(=O)(=O)N1. The third-order valence-electron chi connectivity index (χ3n) is 5.41. The zero-order chi connectivity index (χ0) is 26.3. The standard InChI is InChI=1S/C27H36N2O5S2/c1-6-8-12-20-19-29(21-13-10-9-11-14-21)22-17-24(35-7-2)23(18-25(22)36(31,32)28-20)33-16-15-26(30)34-27(3,4)5/h9-11,13-18,20,28H,6-8,12,19H2,1-5H3/b16-15+. The number of para-hydroxylation sites is 1. The van der Waals surface area contributed by atoms with Crippen LogP contribution in [0.3, 0.4) is 0 Å². The average Bonchev–Trinajstić information content (AvgIpc) is 2.91. The maximum atomic E-state index is 13.5. The van der Waals surface area contributed by atoms with Crippen molar-refractivity contribution >= 4 is 39.1 Å². The summed E-state index contributed by atoms with van der Waals surface area (Å²) in [6.07, 6.45) is 5.08. The van der Waals surface area contributed by atoms with Crippen LogP contribution in [0, 0.1) is 0 Å². The van der Waals surface area contributed by atoms with Crippen LogP contribution in [-0.4, -0.2) is 38.3 Å². The van der Waals surface area contributed by atoms with Crippen molar-refractivity contribution in [2.45, 2.75) is 75.3 Å². The lowest BCUT2D eigenvalue weighted by Gasteiger charge is -2.27. The molecule has 1 heterocycles. The van der Waals surface area contributed by atoms with Crippen molar-refractivity contribution in [2.75, 3.05) is 17.2 Å². The number of rotatable bonds is 9. The van der Waals surface area contributed by atoms with Gasteiger partial charge in [-0.2, -0.15) is 0 Å². The molecule has 1 aliphatic heterocycles. The fourth-order valence-corrected chi connectivity index (χ4v) is 6.13. The molecule has 0 fully saturated rings. The molecule has 0 aliphatic carbocycles. The Morgan fingerprint density at radius 2 is 1.92 bits per heavy atom. The zero-order valence-electron chi connectivity index (χ0n) is 21.6. The molecule has 9 heteroatoms. The maximum Gasteiger partial charge on any atom is 0.334 e. The van der Waals surface area contributed by atoms with Crippen LogP contribution in [0.15, 0.2) is 64.6 Å². The number of anilines is 2. The summed E-state index contributed by atoms with van der Waals surface area (Å²) in [5.74, 6) is 0.594. The summed E-state index contributed by atoms with van der Waals surface area (Å²) in [4.78, 5) is 15.0. The van der Waals surface area contributed by atoms with Crippen molar-refractivity contribution in [2.24, 2.45) is 0 Å². The number of ether oxygens (including phenoxy) is 2. The van der Waals surface area contributed by atoms with Crippen LogP contribution < -0.4 is 14.4 Å². The first-order valence-electron chi connectivity index (χ1n) is 12.3. The van der Waals surface area contributed by atoms with Gasteiger partial charge in [0.2, 0.25) is 10.0 Å². The Labute approximate surface area is 219 Å². The molecular weight excluding hydrogens is 496 g/mol. The quantitative estimate of drug-likeness (QED) is 0.183. The molecule has 196 valence electrons. The minimum atomic E-state index is -3.82. The molecule has 1 N–H and O–H groups in total. The van der Waals surface area contributed by atoms with Gasteiger partial charge < -0.3 is 14.4 Å². The van der Waals surface area contributed by atoms with Crippen molar-refractivity contribution in [1.29, 1.82) is 0 Å². The summed E-state index contributed by atoms with van der Waals surface area (Å²) in [6.45, 7) is 9.98. The molecule has 2 aromatic rings. The molecule has 0 aromatic heterocycles. The second kappa shape index (κ2) is 12.2. The van der Waals surface area contributed by atoms with E-state index in [0.717, 1.165) is 35.6 Å². The summed E-state index contributed by atoms with van der Waals surface area (Å²) in [5, 5.41) is 0. The molecule has 3 rings (SSSR count). The first kappa shape index (κ1) is 28.1. The number of esters is 1. The molecular formula is C27H36N2O5S2. The zero-order valence-corrected chi connectivity index (χ0v) is 23.2. The lowest BCUT2D eigenvalue weighted by atomic mass is 10.1. The van der Waals surface area contributed by atoms with Crippen LogP contribution >= 0.6 is 11.8 Å². The Kier molecular flexibility index (Phi) is 9.49. The number of carbonyl (C=O) groups excluding carboxylic acids is 1. The number of benzene rings is 2. The van der Waals surface area contributed by atoms with Gasteiger partial charge in [0.15, 0.2) is 0 Å². The van der Waals surface area contributed by atoms with Gasteiger partial charge in [-0.05, 0) is 51.1 Å². The lowest BCUT2D eigenvalue weighted by Crippen LogP contribution is -2.39. The van der Waals surface area contributed by atoms with Gasteiger partial charge in [-0.1, -0.05) is 44.9 Å². The van der Waals surface area contributed by atoms with Crippen molar-refractivity contribution in [3.8, 4) is 5.75 Å². The Hall–Kier alpha value is -2.49. The third-order valence-corrected chi connectivity index (χ3v) is 7.88. The van der Waals surface area contributed by atoms with Crippen molar-refractivity contribution in [3.63, 3.8) is 0 Å². The van der Waals surface area contributed by atoms with Crippen molar-refractivity contribution < 1.29 is 22.7 Å². The lowest BCUT2D eigenvalue weighted by molar-refractivity contribution is -0.148. The molecule has 1 aliphatic rings. The van der Waals surface area contributed by atoms with Crippen LogP contribution in [0.4, 0.5) is 11.4 Å². The molecule has 0 amide bonds. The number of nitrogens with one attached hydrogen (secondary N) is 1. The molecule has 1 atom stereocenters. The molecule has 0 saturated heterocycles. The molecule has 7 nitrogen and oxygen atoms in total. The second-order valence-corrected chi connectivity index (χ2v) is 12.5. The highest BCUT2D eigenvalue weighted by Crippen LogP contribution is 2.42. The van der Waals surface area contributed by atoms with E-state index in [4.69, 9.17) is 9.47 Å². The van der Waals surface area contributed by atoms with E-state index in [2.05, 4.69) is 16.5 Å².